The number of likely N-dealkylation sites (tertiary alicyclic amines) is 1. The number of nitrogens with zero attached hydrogens (tertiary/aromatic N) is 5. The van der Waals surface area contributed by atoms with Crippen molar-refractivity contribution < 1.29 is 41.0 Å². The van der Waals surface area contributed by atoms with Gasteiger partial charge in [-0.05, 0) is 42.7 Å². The van der Waals surface area contributed by atoms with Crippen LogP contribution in [0.4, 0.5) is 13.2 Å². The van der Waals surface area contributed by atoms with Gasteiger partial charge in [-0.2, -0.15) is 17.5 Å². The van der Waals surface area contributed by atoms with Crippen LogP contribution in [-0.4, -0.2) is 87.6 Å². The summed E-state index contributed by atoms with van der Waals surface area (Å²) in [6.07, 6.45) is -2.56. The molecule has 52 heavy (non-hydrogen) atoms. The Hall–Kier alpha value is -4.51. The number of rotatable bonds is 7. The van der Waals surface area contributed by atoms with Crippen LogP contribution in [0.2, 0.25) is 0 Å². The smallest absolute Gasteiger partial charge is 0.416 e. The second kappa shape index (κ2) is 14.5. The Morgan fingerprint density at radius 2 is 1.75 bits per heavy atom. The zero-order chi connectivity index (χ0) is 36.5. The number of alkyl halides is 3. The summed E-state index contributed by atoms with van der Waals surface area (Å²) in [4.78, 5) is 15.7. The molecule has 0 bridgehead atoms. The highest BCUT2D eigenvalue weighted by molar-refractivity contribution is 7.89. The molecule has 4 heterocycles. The molecule has 2 fully saturated rings. The van der Waals surface area contributed by atoms with E-state index in [1.54, 1.807) is 23.0 Å². The van der Waals surface area contributed by atoms with E-state index < -0.39 is 50.3 Å². The van der Waals surface area contributed by atoms with Crippen molar-refractivity contribution in [1.82, 2.24) is 29.5 Å². The molecule has 1 aromatic heterocycles. The van der Waals surface area contributed by atoms with Gasteiger partial charge in [0.2, 0.25) is 15.9 Å². The molecule has 276 valence electrons. The molecule has 0 radical (unpaired) electrons. The van der Waals surface area contributed by atoms with E-state index in [0.29, 0.717) is 57.2 Å². The summed E-state index contributed by atoms with van der Waals surface area (Å²) in [7, 11) is -4.68. The van der Waals surface area contributed by atoms with Gasteiger partial charge >= 0.3 is 6.18 Å². The van der Waals surface area contributed by atoms with Gasteiger partial charge in [0.1, 0.15) is 28.1 Å². The fraction of sp³-hybridized carbons (Fsp3) is 0.417. The van der Waals surface area contributed by atoms with E-state index >= 15 is 0 Å². The summed E-state index contributed by atoms with van der Waals surface area (Å²) in [5.41, 5.74) is 0.382. The molecule has 3 aliphatic rings. The van der Waals surface area contributed by atoms with E-state index in [0.717, 1.165) is 27.6 Å². The lowest BCUT2D eigenvalue weighted by atomic mass is 9.84. The number of aromatic hydroxyl groups is 1. The maximum Gasteiger partial charge on any atom is 0.416 e. The van der Waals surface area contributed by atoms with Crippen molar-refractivity contribution in [2.45, 2.75) is 74.1 Å². The van der Waals surface area contributed by atoms with Crippen LogP contribution in [0.25, 0.3) is 0 Å². The summed E-state index contributed by atoms with van der Waals surface area (Å²) < 4.78 is 84.7. The van der Waals surface area contributed by atoms with Crippen LogP contribution in [0.1, 0.15) is 48.1 Å². The number of benzene rings is 3. The number of sulfonamides is 1. The van der Waals surface area contributed by atoms with Crippen LogP contribution >= 0.6 is 0 Å². The number of aromatic nitrogens is 3. The predicted octanol–water partition coefficient (Wildman–Crippen LogP) is 4.33. The van der Waals surface area contributed by atoms with E-state index in [-0.39, 0.29) is 37.7 Å². The number of fused-ring (bicyclic) bond motifs is 2. The number of piperidine rings is 1. The largest absolute Gasteiger partial charge is 0.508 e. The second-order valence-corrected chi connectivity index (χ2v) is 15.4. The third-order valence-corrected chi connectivity index (χ3v) is 11.9. The number of phenolic OH excluding ortho intramolecular Hbond substituents is 1. The number of para-hydroxylation sites is 1. The number of ether oxygens (including phenoxy) is 2. The van der Waals surface area contributed by atoms with Crippen molar-refractivity contribution in [2.24, 2.45) is 0 Å². The van der Waals surface area contributed by atoms with Gasteiger partial charge in [0.25, 0.3) is 0 Å². The average molecular weight is 741 g/mol. The SMILES string of the molecule is O=C1NC2(CCOc3ccc(C(F)(F)F)cc3S(=O)(=O)N3C[C@H](OCc4cn(Cc5ccccc5)nn4)C[C@@H]13)CCN(Cc1ccccc1O)CC2. The van der Waals surface area contributed by atoms with Gasteiger partial charge in [0, 0.05) is 50.1 Å². The second-order valence-electron chi connectivity index (χ2n) is 13.6. The van der Waals surface area contributed by atoms with Crippen molar-refractivity contribution in [3.63, 3.8) is 0 Å². The van der Waals surface area contributed by atoms with Crippen LogP contribution < -0.4 is 10.1 Å². The van der Waals surface area contributed by atoms with Crippen molar-refractivity contribution in [3.8, 4) is 11.5 Å². The molecular weight excluding hydrogens is 701 g/mol. The molecule has 2 atom stereocenters. The molecule has 4 aromatic rings. The predicted molar refractivity (Wildman–Crippen MR) is 181 cm³/mol. The third-order valence-electron chi connectivity index (χ3n) is 10.0. The van der Waals surface area contributed by atoms with E-state index in [1.165, 1.54) is 0 Å². The summed E-state index contributed by atoms with van der Waals surface area (Å²) in [6, 6.07) is 17.9. The standard InChI is InChI=1S/C36H39F3N6O6S/c37-36(38,39)27-10-11-32-33(18-27)52(48,49)45-23-29(51-24-28-22-44(42-41-28)20-25-6-2-1-3-7-25)19-30(45)34(47)40-35(14-17-50-32)12-15-43(16-13-35)21-26-8-4-5-9-31(26)46/h1-11,18,22,29-30,46H,12-17,19-21,23-24H2,(H,40,47)/t29-,30+/m1/s1. The quantitative estimate of drug-likeness (QED) is 0.284. The molecule has 12 nitrogen and oxygen atoms in total. The first kappa shape index (κ1) is 35.9. The van der Waals surface area contributed by atoms with Crippen molar-refractivity contribution in [2.75, 3.05) is 26.2 Å². The van der Waals surface area contributed by atoms with Crippen LogP contribution in [0.3, 0.4) is 0 Å². The fourth-order valence-corrected chi connectivity index (χ4v) is 8.93. The Kier molecular flexibility index (Phi) is 9.99. The molecule has 3 aromatic carbocycles. The monoisotopic (exact) mass is 740 g/mol. The molecular formula is C36H39F3N6O6S. The summed E-state index contributed by atoms with van der Waals surface area (Å²) >= 11 is 0. The number of phenols is 1. The lowest BCUT2D eigenvalue weighted by Gasteiger charge is -2.43. The topological polar surface area (TPSA) is 139 Å². The number of amides is 1. The number of hydrogen-bond acceptors (Lipinski definition) is 9. The molecule has 1 spiro atoms. The normalized spacial score (nSPS) is 22.2. The number of carbonyl (C=O) groups excluding carboxylic acids is 1. The minimum absolute atomic E-state index is 0.0175. The Balaban J connectivity index is 1.13. The Bertz CT molecular complexity index is 2000. The maximum absolute atomic E-state index is 14.3. The molecule has 0 saturated carbocycles. The first-order valence-corrected chi connectivity index (χ1v) is 18.5. The zero-order valence-electron chi connectivity index (χ0n) is 28.2. The lowest BCUT2D eigenvalue weighted by molar-refractivity contribution is -0.137. The van der Waals surface area contributed by atoms with Crippen LogP contribution in [0.15, 0.2) is 83.9 Å². The van der Waals surface area contributed by atoms with Gasteiger partial charge in [-0.25, -0.2) is 13.1 Å². The number of nitrogens with one attached hydrogen (secondary N) is 1. The van der Waals surface area contributed by atoms with Crippen LogP contribution in [0.5, 0.6) is 11.5 Å². The number of carbonyl (C=O) groups is 1. The molecule has 3 aliphatic heterocycles. The van der Waals surface area contributed by atoms with E-state index in [9.17, 15) is 31.5 Å². The van der Waals surface area contributed by atoms with Crippen molar-refractivity contribution in [3.05, 3.63) is 101 Å². The van der Waals surface area contributed by atoms with Crippen LogP contribution in [0, 0.1) is 0 Å². The number of hydrogen-bond donors (Lipinski definition) is 2. The highest BCUT2D eigenvalue weighted by atomic mass is 32.2. The molecule has 0 unspecified atom stereocenters. The molecule has 16 heteroatoms. The van der Waals surface area contributed by atoms with Gasteiger partial charge in [-0.1, -0.05) is 53.7 Å². The summed E-state index contributed by atoms with van der Waals surface area (Å²) in [6.45, 7) is 1.82. The van der Waals surface area contributed by atoms with E-state index in [1.807, 2.05) is 42.5 Å². The maximum atomic E-state index is 14.3. The number of halogens is 3. The molecule has 2 saturated heterocycles. The molecule has 2 N–H and O–H groups in total. The van der Waals surface area contributed by atoms with Gasteiger partial charge in [-0.15, -0.1) is 5.10 Å². The third kappa shape index (κ3) is 7.79. The lowest BCUT2D eigenvalue weighted by Crippen LogP contribution is -2.59. The molecule has 0 aliphatic carbocycles. The Labute approximate surface area is 299 Å². The van der Waals surface area contributed by atoms with Crippen molar-refractivity contribution in [1.29, 1.82) is 0 Å². The first-order chi connectivity index (χ1) is 24.9. The van der Waals surface area contributed by atoms with Gasteiger partial charge < -0.3 is 19.9 Å². The van der Waals surface area contributed by atoms with Gasteiger partial charge in [0.05, 0.1) is 37.6 Å². The molecule has 1 amide bonds. The van der Waals surface area contributed by atoms with Gasteiger partial charge in [-0.3, -0.25) is 9.69 Å². The highest BCUT2D eigenvalue weighted by Crippen LogP contribution is 2.39. The molecule has 7 rings (SSSR count). The van der Waals surface area contributed by atoms with E-state index in [4.69, 9.17) is 9.47 Å². The van der Waals surface area contributed by atoms with Crippen LogP contribution in [-0.2, 0) is 45.4 Å². The average Bonchev–Trinajstić information content (AvgIpc) is 3.77. The zero-order valence-corrected chi connectivity index (χ0v) is 29.0. The van der Waals surface area contributed by atoms with Gasteiger partial charge in [0.15, 0.2) is 0 Å². The first-order valence-electron chi connectivity index (χ1n) is 17.1. The minimum atomic E-state index is -4.81. The Morgan fingerprint density at radius 3 is 2.50 bits per heavy atom. The summed E-state index contributed by atoms with van der Waals surface area (Å²) in [5.74, 6) is -0.566. The van der Waals surface area contributed by atoms with E-state index in [2.05, 4.69) is 20.5 Å². The van der Waals surface area contributed by atoms with Crippen molar-refractivity contribution >= 4 is 15.9 Å². The fourth-order valence-electron chi connectivity index (χ4n) is 7.14. The highest BCUT2D eigenvalue weighted by Gasteiger charge is 2.48. The Morgan fingerprint density at radius 1 is 1.00 bits per heavy atom. The minimum Gasteiger partial charge on any atom is -0.508 e. The summed E-state index contributed by atoms with van der Waals surface area (Å²) in [5, 5.41) is 21.8.